The number of halogens is 1. The fourth-order valence-electron chi connectivity index (χ4n) is 5.09. The van der Waals surface area contributed by atoms with Crippen LogP contribution in [0.4, 0.5) is 4.39 Å². The van der Waals surface area contributed by atoms with Gasteiger partial charge in [-0.3, -0.25) is 9.20 Å². The van der Waals surface area contributed by atoms with Crippen LogP contribution in [-0.2, 0) is 0 Å². The van der Waals surface area contributed by atoms with Gasteiger partial charge in [0.15, 0.2) is 11.6 Å². The van der Waals surface area contributed by atoms with Crippen molar-refractivity contribution in [2.75, 3.05) is 20.7 Å². The van der Waals surface area contributed by atoms with Gasteiger partial charge in [-0.25, -0.2) is 9.37 Å². The summed E-state index contributed by atoms with van der Waals surface area (Å²) in [5.41, 5.74) is 2.63. The van der Waals surface area contributed by atoms with Crippen LogP contribution in [0.1, 0.15) is 30.7 Å². The van der Waals surface area contributed by atoms with Crippen molar-refractivity contribution in [3.63, 3.8) is 0 Å². The second kappa shape index (κ2) is 6.95. The van der Waals surface area contributed by atoms with E-state index in [1.54, 1.807) is 16.5 Å². The van der Waals surface area contributed by atoms with Crippen molar-refractivity contribution in [3.8, 4) is 17.0 Å². The molecule has 150 valence electrons. The van der Waals surface area contributed by atoms with Crippen molar-refractivity contribution >= 4 is 5.65 Å². The van der Waals surface area contributed by atoms with Crippen LogP contribution < -0.4 is 10.3 Å². The lowest BCUT2D eigenvalue weighted by Crippen LogP contribution is -2.25. The molecular formula is C23H24FN3O2. The van der Waals surface area contributed by atoms with E-state index in [2.05, 4.69) is 23.0 Å². The summed E-state index contributed by atoms with van der Waals surface area (Å²) in [5.74, 6) is 0.948. The first-order chi connectivity index (χ1) is 14.0. The van der Waals surface area contributed by atoms with Gasteiger partial charge in [0.1, 0.15) is 5.65 Å². The zero-order valence-corrected chi connectivity index (χ0v) is 16.6. The smallest absolute Gasteiger partial charge is 0.258 e. The number of rotatable bonds is 3. The highest BCUT2D eigenvalue weighted by Gasteiger charge is 2.40. The molecule has 0 amide bonds. The molecule has 5 nitrogen and oxygen atoms in total. The van der Waals surface area contributed by atoms with Gasteiger partial charge in [0.05, 0.1) is 12.8 Å². The van der Waals surface area contributed by atoms with Crippen LogP contribution in [0, 0.1) is 11.7 Å². The zero-order chi connectivity index (χ0) is 20.1. The third kappa shape index (κ3) is 3.12. The topological polar surface area (TPSA) is 46.8 Å². The summed E-state index contributed by atoms with van der Waals surface area (Å²) in [5, 5.41) is 0. The largest absolute Gasteiger partial charge is 0.494 e. The molecule has 0 N–H and O–H groups in total. The van der Waals surface area contributed by atoms with Crippen LogP contribution in [0.3, 0.4) is 0 Å². The zero-order valence-electron chi connectivity index (χ0n) is 16.6. The minimum Gasteiger partial charge on any atom is -0.494 e. The van der Waals surface area contributed by atoms with Gasteiger partial charge >= 0.3 is 0 Å². The predicted molar refractivity (Wildman–Crippen MR) is 110 cm³/mol. The minimum atomic E-state index is -0.473. The number of hydrogen-bond acceptors (Lipinski definition) is 4. The molecule has 1 saturated heterocycles. The fraction of sp³-hybridized carbons (Fsp3) is 0.391. The lowest BCUT2D eigenvalue weighted by Gasteiger charge is -2.19. The minimum absolute atomic E-state index is 0.154. The van der Waals surface area contributed by atoms with E-state index in [1.807, 2.05) is 12.3 Å². The van der Waals surface area contributed by atoms with Gasteiger partial charge in [-0.2, -0.15) is 0 Å². The van der Waals surface area contributed by atoms with Crippen molar-refractivity contribution in [2.45, 2.75) is 31.2 Å². The summed E-state index contributed by atoms with van der Waals surface area (Å²) in [6.45, 7) is 1.19. The molecule has 1 unspecified atom stereocenters. The summed E-state index contributed by atoms with van der Waals surface area (Å²) in [4.78, 5) is 19.9. The molecule has 0 bridgehead atoms. The number of methoxy groups -OCH3 is 1. The Bertz CT molecular complexity index is 1140. The number of ether oxygens (including phenoxy) is 1. The van der Waals surface area contributed by atoms with Crippen LogP contribution in [0.25, 0.3) is 16.9 Å². The molecule has 3 aromatic rings. The summed E-state index contributed by atoms with van der Waals surface area (Å²) in [6.07, 6.45) is 5.55. The number of likely N-dealkylation sites (tertiary alicyclic amines) is 1. The molecule has 3 heterocycles. The Hall–Kier alpha value is -2.73. The van der Waals surface area contributed by atoms with Crippen molar-refractivity contribution in [1.82, 2.24) is 14.3 Å². The Morgan fingerprint density at radius 1 is 1.17 bits per heavy atom. The maximum absolute atomic E-state index is 14.1. The van der Waals surface area contributed by atoms with Gasteiger partial charge in [0, 0.05) is 23.9 Å². The van der Waals surface area contributed by atoms with E-state index in [9.17, 15) is 9.18 Å². The summed E-state index contributed by atoms with van der Waals surface area (Å²) in [7, 11) is 3.64. The summed E-state index contributed by atoms with van der Waals surface area (Å²) in [6, 6.07) is 10.7. The first-order valence-corrected chi connectivity index (χ1v) is 10.1. The fourth-order valence-corrected chi connectivity index (χ4v) is 5.09. The van der Waals surface area contributed by atoms with E-state index in [-0.39, 0.29) is 11.3 Å². The Balaban J connectivity index is 1.49. The van der Waals surface area contributed by atoms with E-state index in [4.69, 9.17) is 4.74 Å². The standard InChI is InChI=1S/C23H24FN3O2/c1-26-8-7-15-9-17(11-20(15)26)16-4-6-22-25-19(12-23(28)27(22)13-16)14-3-5-21(29-2)18(24)10-14/h3-6,10,12-13,15,17,20H,7-9,11H2,1-2H3/t15-,17?,20+/m1/s1. The molecule has 6 heteroatoms. The van der Waals surface area contributed by atoms with E-state index >= 15 is 0 Å². The molecule has 0 spiro atoms. The summed E-state index contributed by atoms with van der Waals surface area (Å²) >= 11 is 0. The average Bonchev–Trinajstić information content (AvgIpc) is 3.30. The molecule has 1 aliphatic carbocycles. The number of pyridine rings is 1. The van der Waals surface area contributed by atoms with E-state index in [0.717, 1.165) is 12.3 Å². The van der Waals surface area contributed by atoms with Crippen LogP contribution >= 0.6 is 0 Å². The van der Waals surface area contributed by atoms with Gasteiger partial charge in [0.25, 0.3) is 5.56 Å². The molecule has 1 saturated carbocycles. The van der Waals surface area contributed by atoms with Crippen LogP contribution in [0.2, 0.25) is 0 Å². The average molecular weight is 393 g/mol. The third-order valence-electron chi connectivity index (χ3n) is 6.68. The highest BCUT2D eigenvalue weighted by Crippen LogP contribution is 2.45. The normalized spacial score (nSPS) is 24.2. The Kier molecular flexibility index (Phi) is 4.39. The van der Waals surface area contributed by atoms with Crippen molar-refractivity contribution in [3.05, 3.63) is 64.3 Å². The first-order valence-electron chi connectivity index (χ1n) is 10.1. The highest BCUT2D eigenvalue weighted by atomic mass is 19.1. The Morgan fingerprint density at radius 3 is 2.79 bits per heavy atom. The molecule has 2 aliphatic rings. The molecular weight excluding hydrogens is 369 g/mol. The van der Waals surface area contributed by atoms with Crippen LogP contribution in [0.5, 0.6) is 5.75 Å². The van der Waals surface area contributed by atoms with Gasteiger partial charge in [-0.15, -0.1) is 0 Å². The highest BCUT2D eigenvalue weighted by molar-refractivity contribution is 5.62. The van der Waals surface area contributed by atoms with E-state index in [0.29, 0.717) is 28.9 Å². The van der Waals surface area contributed by atoms with Crippen LogP contribution in [0.15, 0.2) is 47.4 Å². The van der Waals surface area contributed by atoms with E-state index in [1.165, 1.54) is 44.2 Å². The Morgan fingerprint density at radius 2 is 2.03 bits per heavy atom. The molecule has 3 atom stereocenters. The number of aromatic nitrogens is 2. The van der Waals surface area contributed by atoms with Gasteiger partial charge in [-0.05, 0) is 74.5 Å². The Labute approximate surface area is 168 Å². The molecule has 2 aromatic heterocycles. The van der Waals surface area contributed by atoms with Crippen LogP contribution in [-0.4, -0.2) is 41.0 Å². The quantitative estimate of drug-likeness (QED) is 0.681. The summed E-state index contributed by atoms with van der Waals surface area (Å²) < 4.78 is 20.6. The monoisotopic (exact) mass is 393 g/mol. The number of hydrogen-bond donors (Lipinski definition) is 0. The molecule has 5 rings (SSSR count). The third-order valence-corrected chi connectivity index (χ3v) is 6.68. The second-order valence-corrected chi connectivity index (χ2v) is 8.28. The number of nitrogens with zero attached hydrogens (tertiary/aromatic N) is 3. The molecule has 0 radical (unpaired) electrons. The number of benzene rings is 1. The maximum atomic E-state index is 14.1. The lowest BCUT2D eigenvalue weighted by atomic mass is 9.97. The van der Waals surface area contributed by atoms with Crippen molar-refractivity contribution in [1.29, 1.82) is 0 Å². The lowest BCUT2D eigenvalue weighted by molar-refractivity contribution is 0.292. The molecule has 2 fully saturated rings. The van der Waals surface area contributed by atoms with Gasteiger partial charge in [0.2, 0.25) is 0 Å². The maximum Gasteiger partial charge on any atom is 0.258 e. The first kappa shape index (κ1) is 18.3. The van der Waals surface area contributed by atoms with Gasteiger partial charge in [-0.1, -0.05) is 6.07 Å². The molecule has 29 heavy (non-hydrogen) atoms. The van der Waals surface area contributed by atoms with Gasteiger partial charge < -0.3 is 9.64 Å². The predicted octanol–water partition coefficient (Wildman–Crippen LogP) is 3.71. The van der Waals surface area contributed by atoms with E-state index < -0.39 is 5.82 Å². The van der Waals surface area contributed by atoms with Crippen molar-refractivity contribution in [2.24, 2.45) is 5.92 Å². The number of fused-ring (bicyclic) bond motifs is 2. The molecule has 1 aliphatic heterocycles. The van der Waals surface area contributed by atoms with Crippen molar-refractivity contribution < 1.29 is 9.13 Å². The second-order valence-electron chi connectivity index (χ2n) is 8.28. The SMILES string of the molecule is COc1ccc(-c2cc(=O)n3cc(C4C[C@H]5CCN(C)[C@H]5C4)ccc3n2)cc1F. The molecule has 1 aromatic carbocycles.